The van der Waals surface area contributed by atoms with Gasteiger partial charge in [0.05, 0.1) is 12.1 Å². The Morgan fingerprint density at radius 3 is 1.68 bits per heavy atom. The first kappa shape index (κ1) is 22.3. The summed E-state index contributed by atoms with van der Waals surface area (Å²) in [5, 5.41) is 0. The van der Waals surface area contributed by atoms with E-state index in [1.54, 1.807) is 0 Å². The van der Waals surface area contributed by atoms with Crippen molar-refractivity contribution in [3.63, 3.8) is 0 Å². The van der Waals surface area contributed by atoms with Gasteiger partial charge in [0.15, 0.2) is 0 Å². The second-order valence-electron chi connectivity index (χ2n) is 8.36. The van der Waals surface area contributed by atoms with Gasteiger partial charge in [0.25, 0.3) is 5.82 Å². The fourth-order valence-electron chi connectivity index (χ4n) is 3.77. The maximum atomic E-state index is 2.46. The van der Waals surface area contributed by atoms with Gasteiger partial charge >= 0.3 is 0 Å². The summed E-state index contributed by atoms with van der Waals surface area (Å²) in [7, 11) is 0. The van der Waals surface area contributed by atoms with Crippen molar-refractivity contribution in [1.29, 1.82) is 0 Å². The summed E-state index contributed by atoms with van der Waals surface area (Å²) in [5.41, 5.74) is 0. The van der Waals surface area contributed by atoms with E-state index >= 15 is 0 Å². The Morgan fingerprint density at radius 1 is 0.760 bits per heavy atom. The van der Waals surface area contributed by atoms with Crippen LogP contribution in [0.15, 0.2) is 12.4 Å². The topological polar surface area (TPSA) is 8.81 Å². The van der Waals surface area contributed by atoms with Crippen molar-refractivity contribution in [2.45, 2.75) is 130 Å². The molecule has 0 unspecified atom stereocenters. The summed E-state index contributed by atoms with van der Waals surface area (Å²) in [5.74, 6) is 1.51. The fraction of sp³-hybridized carbons (Fsp3) is 0.870. The van der Waals surface area contributed by atoms with Gasteiger partial charge in [0.2, 0.25) is 0 Å². The molecule has 0 aliphatic heterocycles. The molecule has 1 heterocycles. The average Bonchev–Trinajstić information content (AvgIpc) is 3.00. The first-order chi connectivity index (χ1) is 12.1. The molecule has 2 heteroatoms. The van der Waals surface area contributed by atoms with Crippen molar-refractivity contribution in [2.75, 3.05) is 0 Å². The second-order valence-corrected chi connectivity index (χ2v) is 8.36. The Hall–Kier alpha value is -0.790. The lowest BCUT2D eigenvalue weighted by Gasteiger charge is -2.09. The van der Waals surface area contributed by atoms with E-state index in [1.807, 2.05) is 0 Å². The summed E-state index contributed by atoms with van der Waals surface area (Å²) in [6.07, 6.45) is 22.8. The molecule has 0 radical (unpaired) electrons. The minimum atomic E-state index is 0.562. The maximum absolute atomic E-state index is 2.46. The predicted molar refractivity (Wildman–Crippen MR) is 110 cm³/mol. The zero-order valence-corrected chi connectivity index (χ0v) is 17.9. The number of aromatic nitrogens is 2. The lowest BCUT2D eigenvalue weighted by molar-refractivity contribution is -0.722. The average molecular weight is 350 g/mol. The minimum absolute atomic E-state index is 0.562. The third-order valence-electron chi connectivity index (χ3n) is 5.35. The van der Waals surface area contributed by atoms with E-state index in [0.717, 1.165) is 0 Å². The lowest BCUT2D eigenvalue weighted by atomic mass is 10.0. The third-order valence-corrected chi connectivity index (χ3v) is 5.35. The number of hydrogen-bond donors (Lipinski definition) is 0. The zero-order chi connectivity index (χ0) is 18.5. The van der Waals surface area contributed by atoms with Gasteiger partial charge in [0, 0.05) is 6.42 Å². The molecule has 146 valence electrons. The van der Waals surface area contributed by atoms with Crippen LogP contribution < -0.4 is 4.57 Å². The molecule has 0 aromatic carbocycles. The molecule has 0 aliphatic rings. The highest BCUT2D eigenvalue weighted by Gasteiger charge is 2.20. The Morgan fingerprint density at radius 2 is 1.24 bits per heavy atom. The maximum Gasteiger partial charge on any atom is 0.256 e. The number of nitrogens with zero attached hydrogens (tertiary/aromatic N) is 2. The quantitative estimate of drug-likeness (QED) is 0.234. The van der Waals surface area contributed by atoms with Crippen molar-refractivity contribution in [3.05, 3.63) is 18.2 Å². The molecule has 25 heavy (non-hydrogen) atoms. The molecule has 0 fully saturated rings. The minimum Gasteiger partial charge on any atom is -0.232 e. The van der Waals surface area contributed by atoms with Crippen LogP contribution in [0.3, 0.4) is 0 Å². The van der Waals surface area contributed by atoms with Crippen LogP contribution in [-0.4, -0.2) is 4.57 Å². The summed E-state index contributed by atoms with van der Waals surface area (Å²) in [6.45, 7) is 11.4. The van der Waals surface area contributed by atoms with Crippen LogP contribution in [0.4, 0.5) is 0 Å². The highest BCUT2D eigenvalue weighted by atomic mass is 15.2. The summed E-state index contributed by atoms with van der Waals surface area (Å²) in [6, 6.07) is 1.12. The Balaban J connectivity index is 2.11. The van der Waals surface area contributed by atoms with E-state index in [-0.39, 0.29) is 0 Å². The molecule has 0 saturated carbocycles. The van der Waals surface area contributed by atoms with Crippen LogP contribution in [0.2, 0.25) is 0 Å². The van der Waals surface area contributed by atoms with Gasteiger partial charge in [-0.15, -0.1) is 0 Å². The summed E-state index contributed by atoms with van der Waals surface area (Å²) in [4.78, 5) is 0. The first-order valence-electron chi connectivity index (χ1n) is 11.2. The van der Waals surface area contributed by atoms with Gasteiger partial charge in [-0.3, -0.25) is 0 Å². The molecule has 1 aromatic heterocycles. The van der Waals surface area contributed by atoms with Crippen LogP contribution in [0.25, 0.3) is 0 Å². The number of hydrogen-bond acceptors (Lipinski definition) is 0. The van der Waals surface area contributed by atoms with Crippen LogP contribution in [0, 0.1) is 0 Å². The number of imidazole rings is 1. The first-order valence-corrected chi connectivity index (χ1v) is 11.2. The second kappa shape index (κ2) is 13.4. The van der Waals surface area contributed by atoms with Crippen molar-refractivity contribution in [3.8, 4) is 0 Å². The van der Waals surface area contributed by atoms with Crippen LogP contribution in [-0.2, 0) is 6.42 Å². The van der Waals surface area contributed by atoms with Gasteiger partial charge in [-0.05, 0) is 34.1 Å². The Kier molecular flexibility index (Phi) is 11.9. The van der Waals surface area contributed by atoms with Gasteiger partial charge in [-0.25, -0.2) is 9.13 Å². The number of unbranched alkanes of at least 4 members (excludes halogenated alkanes) is 11. The van der Waals surface area contributed by atoms with E-state index in [9.17, 15) is 0 Å². The van der Waals surface area contributed by atoms with Crippen molar-refractivity contribution >= 4 is 0 Å². The highest BCUT2D eigenvalue weighted by Crippen LogP contribution is 2.15. The van der Waals surface area contributed by atoms with Gasteiger partial charge in [0.1, 0.15) is 12.4 Å². The van der Waals surface area contributed by atoms with Gasteiger partial charge in [-0.1, -0.05) is 77.6 Å². The Labute approximate surface area is 158 Å². The van der Waals surface area contributed by atoms with E-state index in [2.05, 4.69) is 56.1 Å². The normalized spacial score (nSPS) is 11.8. The van der Waals surface area contributed by atoms with E-state index in [0.29, 0.717) is 12.1 Å². The van der Waals surface area contributed by atoms with Crippen LogP contribution in [0.1, 0.15) is 130 Å². The number of rotatable bonds is 15. The van der Waals surface area contributed by atoms with E-state index < -0.39 is 0 Å². The standard InChI is InChI=1S/C23H45N2/c1-6-7-8-9-10-11-12-13-14-15-16-17-18-23-24(21(2)3)19-20-25(23)22(4)5/h19-22H,6-18H2,1-5H3/q+1. The van der Waals surface area contributed by atoms with Gasteiger partial charge < -0.3 is 0 Å². The molecule has 0 saturated heterocycles. The fourth-order valence-corrected chi connectivity index (χ4v) is 3.77. The molecular weight excluding hydrogens is 304 g/mol. The molecule has 1 rings (SSSR count). The molecule has 0 amide bonds. The van der Waals surface area contributed by atoms with E-state index in [1.165, 1.54) is 89.3 Å². The molecule has 2 nitrogen and oxygen atoms in total. The van der Waals surface area contributed by atoms with Crippen LogP contribution >= 0.6 is 0 Å². The molecule has 0 atom stereocenters. The molecule has 0 aliphatic carbocycles. The SMILES string of the molecule is CCCCCCCCCCCCCCc1n(C(C)C)cc[n+]1C(C)C. The highest BCUT2D eigenvalue weighted by molar-refractivity contribution is 4.87. The largest absolute Gasteiger partial charge is 0.256 e. The molecule has 0 bridgehead atoms. The molecular formula is C23H45N2+. The lowest BCUT2D eigenvalue weighted by Crippen LogP contribution is -2.39. The zero-order valence-electron chi connectivity index (χ0n) is 17.9. The molecule has 0 N–H and O–H groups in total. The van der Waals surface area contributed by atoms with Gasteiger partial charge in [-0.2, -0.15) is 0 Å². The van der Waals surface area contributed by atoms with Crippen LogP contribution in [0.5, 0.6) is 0 Å². The summed E-state index contributed by atoms with van der Waals surface area (Å²) >= 11 is 0. The monoisotopic (exact) mass is 349 g/mol. The van der Waals surface area contributed by atoms with E-state index in [4.69, 9.17) is 0 Å². The van der Waals surface area contributed by atoms with Crippen molar-refractivity contribution in [2.24, 2.45) is 0 Å². The third kappa shape index (κ3) is 8.92. The van der Waals surface area contributed by atoms with Crippen molar-refractivity contribution < 1.29 is 4.57 Å². The molecule has 0 spiro atoms. The summed E-state index contributed by atoms with van der Waals surface area (Å²) < 4.78 is 4.91. The Bertz CT molecular complexity index is 406. The predicted octanol–water partition coefficient (Wildman–Crippen LogP) is 7.18. The molecule has 1 aromatic rings. The van der Waals surface area contributed by atoms with Crippen molar-refractivity contribution in [1.82, 2.24) is 4.57 Å². The smallest absolute Gasteiger partial charge is 0.232 e.